The number of halogens is 1. The summed E-state index contributed by atoms with van der Waals surface area (Å²) < 4.78 is 42.1. The molecular formula is C12H14ClN3O3S2. The molecule has 0 radical (unpaired) electrons. The van der Waals surface area contributed by atoms with Gasteiger partial charge in [0.15, 0.2) is 0 Å². The Hall–Kier alpha value is -1.38. The van der Waals surface area contributed by atoms with E-state index in [4.69, 9.17) is 11.6 Å². The van der Waals surface area contributed by atoms with Crippen molar-refractivity contribution in [2.75, 3.05) is 6.26 Å². The molecule has 1 aromatic carbocycles. The lowest BCUT2D eigenvalue weighted by atomic mass is 10.2. The second kappa shape index (κ2) is 5.43. The highest BCUT2D eigenvalue weighted by Gasteiger charge is 2.20. The smallest absolute Gasteiger partial charge is 0.290 e. The van der Waals surface area contributed by atoms with Crippen LogP contribution in [-0.2, 0) is 26.8 Å². The Morgan fingerprint density at radius 3 is 2.48 bits per heavy atom. The van der Waals surface area contributed by atoms with Gasteiger partial charge >= 0.3 is 0 Å². The summed E-state index contributed by atoms with van der Waals surface area (Å²) in [6.45, 7) is 1.76. The van der Waals surface area contributed by atoms with Crippen molar-refractivity contribution in [3.8, 4) is 0 Å². The second-order valence-corrected chi connectivity index (χ2v) is 8.98. The first-order valence-corrected chi connectivity index (χ1v) is 9.59. The molecule has 2 rings (SSSR count). The molecule has 0 bridgehead atoms. The molecule has 6 nitrogen and oxygen atoms in total. The first-order valence-electron chi connectivity index (χ1n) is 5.85. The summed E-state index contributed by atoms with van der Waals surface area (Å²) in [7, 11) is -5.65. The number of nitrogens with zero attached hydrogens (tertiary/aromatic N) is 3. The summed E-state index contributed by atoms with van der Waals surface area (Å²) in [5.41, 5.74) is 0.747. The molecule has 1 unspecified atom stereocenters. The minimum absolute atomic E-state index is 0.0955. The number of hydrogen-bond donors (Lipinski definition) is 0. The third-order valence-electron chi connectivity index (χ3n) is 2.80. The zero-order valence-electron chi connectivity index (χ0n) is 11.6. The van der Waals surface area contributed by atoms with Crippen molar-refractivity contribution < 1.29 is 12.6 Å². The Labute approximate surface area is 129 Å². The standard InChI is InChI=1S/C12H14ClN3O3S2/c1-9-4-5-10(8-11(9)13)21(18,19)15-20(3,17)12-14-6-7-16(12)2/h4-8H,1-3H3. The molecule has 114 valence electrons. The number of imidazole rings is 1. The lowest BCUT2D eigenvalue weighted by molar-refractivity contribution is 0.597. The zero-order chi connectivity index (χ0) is 15.8. The predicted molar refractivity (Wildman–Crippen MR) is 81.3 cm³/mol. The van der Waals surface area contributed by atoms with Gasteiger partial charge in [-0.2, -0.15) is 8.42 Å². The molecule has 2 aromatic rings. The molecule has 1 aromatic heterocycles. The summed E-state index contributed by atoms with van der Waals surface area (Å²) >= 11 is 5.92. The van der Waals surface area contributed by atoms with Crippen LogP contribution >= 0.6 is 11.6 Å². The van der Waals surface area contributed by atoms with Crippen LogP contribution in [0.5, 0.6) is 0 Å². The summed E-state index contributed by atoms with van der Waals surface area (Å²) in [5.74, 6) is 0. The van der Waals surface area contributed by atoms with Crippen LogP contribution in [0, 0.1) is 6.92 Å². The molecule has 0 aliphatic heterocycles. The molecule has 0 amide bonds. The average Bonchev–Trinajstić information content (AvgIpc) is 2.78. The largest absolute Gasteiger partial charge is 0.326 e. The number of rotatable bonds is 3. The lowest BCUT2D eigenvalue weighted by Gasteiger charge is -2.06. The van der Waals surface area contributed by atoms with Gasteiger partial charge in [0.25, 0.3) is 10.0 Å². The van der Waals surface area contributed by atoms with Gasteiger partial charge in [-0.15, -0.1) is 0 Å². The van der Waals surface area contributed by atoms with Crippen molar-refractivity contribution in [3.63, 3.8) is 0 Å². The Kier molecular flexibility index (Phi) is 4.14. The molecular weight excluding hydrogens is 334 g/mol. The van der Waals surface area contributed by atoms with E-state index in [1.165, 1.54) is 29.2 Å². The van der Waals surface area contributed by atoms with Crippen molar-refractivity contribution in [2.24, 2.45) is 10.8 Å². The fourth-order valence-electron chi connectivity index (χ4n) is 1.71. The Morgan fingerprint density at radius 1 is 1.29 bits per heavy atom. The van der Waals surface area contributed by atoms with Gasteiger partial charge in [-0.05, 0) is 24.6 Å². The molecule has 0 saturated heterocycles. The highest BCUT2D eigenvalue weighted by molar-refractivity contribution is 8.02. The number of hydrogen-bond acceptors (Lipinski definition) is 4. The molecule has 0 aliphatic carbocycles. The maximum Gasteiger partial charge on any atom is 0.290 e. The molecule has 21 heavy (non-hydrogen) atoms. The van der Waals surface area contributed by atoms with E-state index in [1.807, 2.05) is 0 Å². The fourth-order valence-corrected chi connectivity index (χ4v) is 5.43. The normalized spacial score (nSPS) is 14.7. The van der Waals surface area contributed by atoms with E-state index in [0.29, 0.717) is 5.02 Å². The second-order valence-electron chi connectivity index (χ2n) is 4.58. The van der Waals surface area contributed by atoms with Crippen molar-refractivity contribution >= 4 is 31.4 Å². The van der Waals surface area contributed by atoms with E-state index < -0.39 is 19.8 Å². The van der Waals surface area contributed by atoms with Crippen LogP contribution < -0.4 is 0 Å². The zero-order valence-corrected chi connectivity index (χ0v) is 14.0. The lowest BCUT2D eigenvalue weighted by Crippen LogP contribution is -2.09. The van der Waals surface area contributed by atoms with Crippen LogP contribution in [0.15, 0.2) is 44.4 Å². The van der Waals surface area contributed by atoms with E-state index in [9.17, 15) is 12.6 Å². The maximum atomic E-state index is 12.5. The monoisotopic (exact) mass is 347 g/mol. The van der Waals surface area contributed by atoms with E-state index >= 15 is 0 Å². The summed E-state index contributed by atoms with van der Waals surface area (Å²) in [5, 5.41) is 0.412. The first kappa shape index (κ1) is 16.0. The molecule has 0 saturated carbocycles. The quantitative estimate of drug-likeness (QED) is 0.852. The highest BCUT2D eigenvalue weighted by Crippen LogP contribution is 2.23. The number of aromatic nitrogens is 2. The molecule has 1 heterocycles. The Balaban J connectivity index is 2.60. The number of sulfonamides is 1. The minimum atomic E-state index is -4.09. The van der Waals surface area contributed by atoms with Gasteiger partial charge in [0, 0.05) is 30.7 Å². The van der Waals surface area contributed by atoms with Gasteiger partial charge in [-0.3, -0.25) is 0 Å². The van der Waals surface area contributed by atoms with Crippen LogP contribution in [0.25, 0.3) is 0 Å². The van der Waals surface area contributed by atoms with Crippen LogP contribution in [0.3, 0.4) is 0 Å². The van der Waals surface area contributed by atoms with E-state index in [-0.39, 0.29) is 10.1 Å². The van der Waals surface area contributed by atoms with Gasteiger partial charge < -0.3 is 4.57 Å². The first-order chi connectivity index (χ1) is 9.63. The van der Waals surface area contributed by atoms with Gasteiger partial charge in [-0.25, -0.2) is 9.19 Å². The van der Waals surface area contributed by atoms with Crippen LogP contribution in [-0.4, -0.2) is 28.4 Å². The van der Waals surface area contributed by atoms with E-state index in [1.54, 1.807) is 26.2 Å². The Bertz CT molecular complexity index is 910. The van der Waals surface area contributed by atoms with Crippen LogP contribution in [0.4, 0.5) is 0 Å². The van der Waals surface area contributed by atoms with Crippen molar-refractivity contribution in [2.45, 2.75) is 17.0 Å². The van der Waals surface area contributed by atoms with Gasteiger partial charge in [0.2, 0.25) is 5.16 Å². The maximum absolute atomic E-state index is 12.5. The fraction of sp³-hybridized carbons (Fsp3) is 0.250. The van der Waals surface area contributed by atoms with Gasteiger partial charge in [0.1, 0.15) is 9.73 Å². The van der Waals surface area contributed by atoms with Crippen molar-refractivity contribution in [1.82, 2.24) is 9.55 Å². The average molecular weight is 348 g/mol. The van der Waals surface area contributed by atoms with Crippen LogP contribution in [0.2, 0.25) is 5.02 Å². The van der Waals surface area contributed by atoms with Crippen molar-refractivity contribution in [1.29, 1.82) is 0 Å². The summed E-state index contributed by atoms with van der Waals surface area (Å²) in [6, 6.07) is 4.25. The topological polar surface area (TPSA) is 81.4 Å². The molecule has 0 aliphatic rings. The third kappa shape index (κ3) is 3.28. The predicted octanol–water partition coefficient (Wildman–Crippen LogP) is 2.23. The van der Waals surface area contributed by atoms with Crippen molar-refractivity contribution in [3.05, 3.63) is 41.2 Å². The van der Waals surface area contributed by atoms with E-state index in [2.05, 4.69) is 8.75 Å². The molecule has 1 atom stereocenters. The number of aryl methyl sites for hydroxylation is 2. The molecule has 0 N–H and O–H groups in total. The van der Waals surface area contributed by atoms with Gasteiger partial charge in [0.05, 0.1) is 4.90 Å². The third-order valence-corrected chi connectivity index (χ3v) is 7.05. The molecule has 0 fully saturated rings. The Morgan fingerprint density at radius 2 is 1.95 bits per heavy atom. The highest BCUT2D eigenvalue weighted by atomic mass is 35.5. The summed E-state index contributed by atoms with van der Waals surface area (Å²) in [6.07, 6.45) is 4.25. The number of benzene rings is 1. The SMILES string of the molecule is Cc1ccc(S(=O)(=O)N=S(C)(=O)c2nccn2C)cc1Cl. The van der Waals surface area contributed by atoms with E-state index in [0.717, 1.165) is 5.56 Å². The van der Waals surface area contributed by atoms with Gasteiger partial charge in [-0.1, -0.05) is 21.4 Å². The molecule has 0 spiro atoms. The van der Waals surface area contributed by atoms with Crippen LogP contribution in [0.1, 0.15) is 5.56 Å². The minimum Gasteiger partial charge on any atom is -0.326 e. The molecule has 9 heteroatoms. The summed E-state index contributed by atoms with van der Waals surface area (Å²) in [4.78, 5) is 3.80.